The van der Waals surface area contributed by atoms with Gasteiger partial charge >= 0.3 is 0 Å². The van der Waals surface area contributed by atoms with Gasteiger partial charge in [0.15, 0.2) is 5.65 Å². The van der Waals surface area contributed by atoms with Gasteiger partial charge in [-0.2, -0.15) is 4.98 Å². The van der Waals surface area contributed by atoms with Crippen molar-refractivity contribution in [1.82, 2.24) is 25.2 Å². The number of carbonyl (C=O) groups is 2. The van der Waals surface area contributed by atoms with Crippen LogP contribution in [0.25, 0.3) is 16.8 Å². The fourth-order valence-corrected chi connectivity index (χ4v) is 4.07. The van der Waals surface area contributed by atoms with Crippen molar-refractivity contribution in [2.75, 3.05) is 19.4 Å². The summed E-state index contributed by atoms with van der Waals surface area (Å²) in [5, 5.41) is 11.7. The van der Waals surface area contributed by atoms with Crippen LogP contribution in [0.1, 0.15) is 32.5 Å². The van der Waals surface area contributed by atoms with E-state index in [0.717, 1.165) is 22.4 Å². The number of pyridine rings is 1. The Balaban J connectivity index is 1.57. The highest BCUT2D eigenvalue weighted by Crippen LogP contribution is 2.28. The molecule has 0 saturated carbocycles. The average Bonchev–Trinajstić information content (AvgIpc) is 3.43. The van der Waals surface area contributed by atoms with E-state index in [2.05, 4.69) is 20.7 Å². The van der Waals surface area contributed by atoms with Crippen molar-refractivity contribution in [3.63, 3.8) is 0 Å². The number of anilines is 1. The second kappa shape index (κ2) is 9.06. The number of carbonyl (C=O) groups excluding carboxylic acids is 2. The second-order valence-electron chi connectivity index (χ2n) is 6.97. The number of benzene rings is 1. The molecule has 4 aromatic rings. The Bertz CT molecular complexity index is 1300. The number of methoxy groups -OCH3 is 1. The molecule has 1 aromatic carbocycles. The van der Waals surface area contributed by atoms with E-state index in [1.807, 2.05) is 36.6 Å². The lowest BCUT2D eigenvalue weighted by Crippen LogP contribution is -2.23. The van der Waals surface area contributed by atoms with Crippen LogP contribution in [0, 0.1) is 0 Å². The predicted octanol–water partition coefficient (Wildman–Crippen LogP) is 2.73. The number of hydrogen-bond donors (Lipinski definition) is 3. The average molecular weight is 451 g/mol. The topological polar surface area (TPSA) is 124 Å². The first-order valence-corrected chi connectivity index (χ1v) is 10.8. The first-order valence-electron chi connectivity index (χ1n) is 9.92. The number of thiophene rings is 1. The maximum absolute atomic E-state index is 12.7. The molecule has 9 nitrogen and oxygen atoms in total. The number of nitrogens with zero attached hydrogens (tertiary/aromatic N) is 3. The SMILES string of the molecule is CCNC(=O)c1cc(-c2csc(C(=O)NCc3cccc(OC)c3)c2)cn2nc(N)nc12. The van der Waals surface area contributed by atoms with E-state index < -0.39 is 0 Å². The van der Waals surface area contributed by atoms with Crippen molar-refractivity contribution in [3.8, 4) is 16.9 Å². The summed E-state index contributed by atoms with van der Waals surface area (Å²) < 4.78 is 6.70. The first-order chi connectivity index (χ1) is 15.5. The summed E-state index contributed by atoms with van der Waals surface area (Å²) in [4.78, 5) is 29.9. The Morgan fingerprint density at radius 1 is 1.16 bits per heavy atom. The molecule has 0 unspecified atom stereocenters. The number of nitrogen functional groups attached to an aromatic ring is 1. The van der Waals surface area contributed by atoms with Crippen molar-refractivity contribution >= 4 is 34.7 Å². The lowest BCUT2D eigenvalue weighted by atomic mass is 10.1. The van der Waals surface area contributed by atoms with Crippen LogP contribution in [-0.4, -0.2) is 40.1 Å². The fourth-order valence-electron chi connectivity index (χ4n) is 3.24. The highest BCUT2D eigenvalue weighted by Gasteiger charge is 2.17. The summed E-state index contributed by atoms with van der Waals surface area (Å²) in [5.41, 5.74) is 8.94. The maximum Gasteiger partial charge on any atom is 0.261 e. The van der Waals surface area contributed by atoms with Crippen molar-refractivity contribution in [2.24, 2.45) is 0 Å². The molecule has 0 spiro atoms. The third-order valence-electron chi connectivity index (χ3n) is 4.78. The summed E-state index contributed by atoms with van der Waals surface area (Å²) in [6.07, 6.45) is 1.74. The molecule has 4 rings (SSSR count). The molecule has 164 valence electrons. The van der Waals surface area contributed by atoms with Gasteiger partial charge in [0.25, 0.3) is 11.8 Å². The Hall–Kier alpha value is -3.92. The molecular formula is C22H22N6O3S. The molecule has 0 fully saturated rings. The largest absolute Gasteiger partial charge is 0.497 e. The summed E-state index contributed by atoms with van der Waals surface area (Å²) in [6, 6.07) is 11.0. The van der Waals surface area contributed by atoms with Crippen LogP contribution in [0.4, 0.5) is 5.95 Å². The summed E-state index contributed by atoms with van der Waals surface area (Å²) >= 11 is 1.32. The molecule has 0 atom stereocenters. The lowest BCUT2D eigenvalue weighted by Gasteiger charge is -2.07. The monoisotopic (exact) mass is 450 g/mol. The molecule has 0 bridgehead atoms. The third-order valence-corrected chi connectivity index (χ3v) is 5.70. The molecule has 0 aliphatic carbocycles. The van der Waals surface area contributed by atoms with Crippen LogP contribution in [0.2, 0.25) is 0 Å². The van der Waals surface area contributed by atoms with E-state index >= 15 is 0 Å². The van der Waals surface area contributed by atoms with E-state index in [-0.39, 0.29) is 17.8 Å². The van der Waals surface area contributed by atoms with Gasteiger partial charge in [0.2, 0.25) is 5.95 Å². The van der Waals surface area contributed by atoms with Gasteiger partial charge in [-0.3, -0.25) is 9.59 Å². The maximum atomic E-state index is 12.7. The molecule has 32 heavy (non-hydrogen) atoms. The van der Waals surface area contributed by atoms with E-state index in [1.54, 1.807) is 25.4 Å². The van der Waals surface area contributed by atoms with Crippen molar-refractivity contribution < 1.29 is 14.3 Å². The number of fused-ring (bicyclic) bond motifs is 1. The molecular weight excluding hydrogens is 428 g/mol. The Morgan fingerprint density at radius 3 is 2.78 bits per heavy atom. The van der Waals surface area contributed by atoms with Crippen LogP contribution in [0.3, 0.4) is 0 Å². The van der Waals surface area contributed by atoms with Gasteiger partial charge in [0.05, 0.1) is 17.6 Å². The molecule has 0 aliphatic rings. The van der Waals surface area contributed by atoms with Crippen LogP contribution < -0.4 is 21.1 Å². The zero-order valence-electron chi connectivity index (χ0n) is 17.6. The second-order valence-corrected chi connectivity index (χ2v) is 7.89. The van der Waals surface area contributed by atoms with Gasteiger partial charge in [-0.1, -0.05) is 12.1 Å². The minimum absolute atomic E-state index is 0.0793. The van der Waals surface area contributed by atoms with Crippen molar-refractivity contribution in [1.29, 1.82) is 0 Å². The number of nitrogens with one attached hydrogen (secondary N) is 2. The molecule has 4 N–H and O–H groups in total. The predicted molar refractivity (Wildman–Crippen MR) is 123 cm³/mol. The van der Waals surface area contributed by atoms with Gasteiger partial charge in [-0.25, -0.2) is 4.52 Å². The third kappa shape index (κ3) is 4.40. The van der Waals surface area contributed by atoms with E-state index in [4.69, 9.17) is 10.5 Å². The van der Waals surface area contributed by atoms with Crippen LogP contribution in [-0.2, 0) is 6.54 Å². The molecule has 0 radical (unpaired) electrons. The molecule has 3 heterocycles. The van der Waals surface area contributed by atoms with Gasteiger partial charge in [-0.15, -0.1) is 16.4 Å². The number of rotatable bonds is 7. The molecule has 0 saturated heterocycles. The Labute approximate surface area is 188 Å². The minimum Gasteiger partial charge on any atom is -0.497 e. The van der Waals surface area contributed by atoms with E-state index in [1.165, 1.54) is 15.9 Å². The minimum atomic E-state index is -0.266. The normalized spacial score (nSPS) is 10.8. The molecule has 10 heteroatoms. The fraction of sp³-hybridized carbons (Fsp3) is 0.182. The highest BCUT2D eigenvalue weighted by molar-refractivity contribution is 7.12. The number of amides is 2. The van der Waals surface area contributed by atoms with Gasteiger partial charge in [0, 0.05) is 24.8 Å². The zero-order valence-corrected chi connectivity index (χ0v) is 18.4. The van der Waals surface area contributed by atoms with E-state index in [9.17, 15) is 9.59 Å². The standard InChI is InChI=1S/C22H22N6O3S/c1-3-24-20(29)17-8-14(11-28-19(17)26-22(23)27-28)15-9-18(32-12-15)21(30)25-10-13-5-4-6-16(7-13)31-2/h4-9,11-12H,3,10H2,1-2H3,(H2,23,27)(H,24,29)(H,25,30). The Kier molecular flexibility index (Phi) is 6.04. The summed E-state index contributed by atoms with van der Waals surface area (Å²) in [6.45, 7) is 2.70. The molecule has 2 amide bonds. The Morgan fingerprint density at radius 2 is 2.00 bits per heavy atom. The smallest absolute Gasteiger partial charge is 0.261 e. The number of nitrogens with two attached hydrogens (primary N) is 1. The zero-order chi connectivity index (χ0) is 22.7. The summed E-state index contributed by atoms with van der Waals surface area (Å²) in [5.74, 6) is 0.371. The van der Waals surface area contributed by atoms with Gasteiger partial charge in [0.1, 0.15) is 5.75 Å². The lowest BCUT2D eigenvalue weighted by molar-refractivity contribution is 0.0947. The molecule has 0 aliphatic heterocycles. The number of hydrogen-bond acceptors (Lipinski definition) is 7. The number of aromatic nitrogens is 3. The van der Waals surface area contributed by atoms with Crippen LogP contribution >= 0.6 is 11.3 Å². The van der Waals surface area contributed by atoms with Gasteiger partial charge < -0.3 is 21.1 Å². The van der Waals surface area contributed by atoms with Crippen LogP contribution in [0.15, 0.2) is 48.0 Å². The molecule has 3 aromatic heterocycles. The van der Waals surface area contributed by atoms with Gasteiger partial charge in [-0.05, 0) is 47.7 Å². The quantitative estimate of drug-likeness (QED) is 0.398. The first kappa shape index (κ1) is 21.3. The highest BCUT2D eigenvalue weighted by atomic mass is 32.1. The summed E-state index contributed by atoms with van der Waals surface area (Å²) in [7, 11) is 1.60. The van der Waals surface area contributed by atoms with Crippen LogP contribution in [0.5, 0.6) is 5.75 Å². The van der Waals surface area contributed by atoms with E-state index in [0.29, 0.717) is 29.2 Å². The van der Waals surface area contributed by atoms with Crippen molar-refractivity contribution in [3.05, 3.63) is 64.0 Å². The van der Waals surface area contributed by atoms with Crippen molar-refractivity contribution in [2.45, 2.75) is 13.5 Å². The number of ether oxygens (including phenoxy) is 1.